The number of carbonyl (C=O) groups excluding carboxylic acids is 1. The molecule has 5 rings (SSSR count). The Morgan fingerprint density at radius 1 is 1.15 bits per heavy atom. The van der Waals surface area contributed by atoms with E-state index >= 15 is 0 Å². The molecule has 2 aliphatic heterocycles. The van der Waals surface area contributed by atoms with Crippen LogP contribution in [-0.2, 0) is 4.79 Å². The van der Waals surface area contributed by atoms with Gasteiger partial charge in [-0.3, -0.25) is 4.79 Å². The highest BCUT2D eigenvalue weighted by Gasteiger charge is 2.34. The van der Waals surface area contributed by atoms with E-state index < -0.39 is 0 Å². The Balaban J connectivity index is 1.66. The zero-order valence-electron chi connectivity index (χ0n) is 22.8. The van der Waals surface area contributed by atoms with Crippen LogP contribution in [0.2, 0.25) is 5.02 Å². The first kappa shape index (κ1) is 26.9. The van der Waals surface area contributed by atoms with E-state index in [1.54, 1.807) is 23.1 Å². The smallest absolute Gasteiger partial charge is 0.246 e. The summed E-state index contributed by atoms with van der Waals surface area (Å²) in [4.78, 5) is 28.5. The lowest BCUT2D eigenvalue weighted by molar-refractivity contribution is -0.128. The molecule has 1 fully saturated rings. The maximum Gasteiger partial charge on any atom is 0.246 e. The number of hydrogen-bond donors (Lipinski definition) is 0. The van der Waals surface area contributed by atoms with E-state index in [2.05, 4.69) is 62.3 Å². The van der Waals surface area contributed by atoms with Gasteiger partial charge in [0.25, 0.3) is 0 Å². The van der Waals surface area contributed by atoms with Crippen molar-refractivity contribution in [2.75, 3.05) is 31.2 Å². The first-order valence-electron chi connectivity index (χ1n) is 13.3. The van der Waals surface area contributed by atoms with Gasteiger partial charge < -0.3 is 14.7 Å². The third-order valence-electron chi connectivity index (χ3n) is 7.49. The Bertz CT molecular complexity index is 1470. The van der Waals surface area contributed by atoms with E-state index in [1.807, 2.05) is 6.07 Å². The number of nitrogens with zero attached hydrogens (tertiary/aromatic N) is 5. The monoisotopic (exact) mass is 545 g/mol. The molecule has 39 heavy (non-hydrogen) atoms. The maximum atomic E-state index is 14.9. The fourth-order valence-corrected chi connectivity index (χ4v) is 5.77. The van der Waals surface area contributed by atoms with Crippen molar-refractivity contribution < 1.29 is 9.18 Å². The lowest BCUT2D eigenvalue weighted by Gasteiger charge is -2.43. The number of hydrogen-bond acceptors (Lipinski definition) is 5. The average molecular weight is 546 g/mol. The molecule has 1 unspecified atom stereocenters. The highest BCUT2D eigenvalue weighted by Crippen LogP contribution is 2.41. The summed E-state index contributed by atoms with van der Waals surface area (Å²) in [5.74, 6) is 1.31. The molecular formula is C31H33ClFN5O. The zero-order valence-corrected chi connectivity index (χ0v) is 23.5. The van der Waals surface area contributed by atoms with Gasteiger partial charge in [0.05, 0.1) is 22.0 Å². The normalized spacial score (nSPS) is 17.3. The number of amides is 1. The van der Waals surface area contributed by atoms with Gasteiger partial charge in [0.15, 0.2) is 0 Å². The van der Waals surface area contributed by atoms with Gasteiger partial charge in [-0.15, -0.1) is 0 Å². The van der Waals surface area contributed by atoms with Crippen molar-refractivity contribution in [2.45, 2.75) is 39.7 Å². The van der Waals surface area contributed by atoms with Crippen molar-refractivity contribution in [2.24, 2.45) is 4.99 Å². The van der Waals surface area contributed by atoms with Gasteiger partial charge in [-0.25, -0.2) is 14.4 Å². The van der Waals surface area contributed by atoms with Crippen LogP contribution >= 0.6 is 11.6 Å². The number of aryl methyl sites for hydroxylation is 1. The molecule has 0 aliphatic carbocycles. The Hall–Kier alpha value is -3.71. The lowest BCUT2D eigenvalue weighted by Crippen LogP contribution is -2.56. The number of carbonyl (C=O) groups is 1. The number of anilines is 2. The van der Waals surface area contributed by atoms with Crippen LogP contribution in [-0.4, -0.2) is 58.9 Å². The summed E-state index contributed by atoms with van der Waals surface area (Å²) >= 11 is 6.81. The third kappa shape index (κ3) is 4.91. The lowest BCUT2D eigenvalue weighted by atomic mass is 9.96. The minimum atomic E-state index is -0.376. The number of piperazine rings is 1. The number of rotatable bonds is 4. The van der Waals surface area contributed by atoms with Crippen molar-refractivity contribution in [3.8, 4) is 11.3 Å². The van der Waals surface area contributed by atoms with Gasteiger partial charge >= 0.3 is 0 Å². The molecule has 2 aliphatic rings. The van der Waals surface area contributed by atoms with E-state index in [0.29, 0.717) is 48.4 Å². The summed E-state index contributed by atoms with van der Waals surface area (Å²) in [6.45, 7) is 14.2. The van der Waals surface area contributed by atoms with Crippen LogP contribution in [0, 0.1) is 12.7 Å². The molecule has 6 nitrogen and oxygen atoms in total. The quantitative estimate of drug-likeness (QED) is 0.349. The molecule has 2 aromatic carbocycles. The summed E-state index contributed by atoms with van der Waals surface area (Å²) in [6.07, 6.45) is 1.36. The largest absolute Gasteiger partial charge is 0.350 e. The minimum Gasteiger partial charge on any atom is -0.350 e. The summed E-state index contributed by atoms with van der Waals surface area (Å²) in [5.41, 5.74) is 4.90. The van der Waals surface area contributed by atoms with Crippen LogP contribution in [0.15, 0.2) is 66.2 Å². The van der Waals surface area contributed by atoms with Gasteiger partial charge in [-0.1, -0.05) is 62.4 Å². The SMILES string of the molecule is C=CC(=O)N1CCN(C2=NCN(c3c(C)cccc3C(C)C)c3nc(-c4ccccc4F)c(Cl)cc32)C(C)C1. The van der Waals surface area contributed by atoms with Crippen LogP contribution in [0.1, 0.15) is 43.4 Å². The number of pyridine rings is 1. The Kier molecular flexibility index (Phi) is 7.45. The molecule has 1 saturated heterocycles. The molecule has 202 valence electrons. The van der Waals surface area contributed by atoms with Gasteiger partial charge in [0, 0.05) is 31.2 Å². The van der Waals surface area contributed by atoms with Crippen molar-refractivity contribution in [1.29, 1.82) is 0 Å². The van der Waals surface area contributed by atoms with Gasteiger partial charge in [0.2, 0.25) is 5.91 Å². The molecule has 3 aromatic rings. The van der Waals surface area contributed by atoms with Crippen molar-refractivity contribution in [1.82, 2.24) is 14.8 Å². The molecule has 0 saturated carbocycles. The Labute approximate surface area is 234 Å². The highest BCUT2D eigenvalue weighted by molar-refractivity contribution is 6.33. The Morgan fingerprint density at radius 3 is 2.62 bits per heavy atom. The number of benzene rings is 2. The molecule has 0 N–H and O–H groups in total. The number of para-hydroxylation sites is 1. The van der Waals surface area contributed by atoms with E-state index in [-0.39, 0.29) is 23.7 Å². The zero-order chi connectivity index (χ0) is 27.8. The van der Waals surface area contributed by atoms with E-state index in [9.17, 15) is 9.18 Å². The van der Waals surface area contributed by atoms with Gasteiger partial charge in [0.1, 0.15) is 24.1 Å². The summed E-state index contributed by atoms with van der Waals surface area (Å²) < 4.78 is 14.9. The number of halogens is 2. The predicted octanol–water partition coefficient (Wildman–Crippen LogP) is 6.55. The van der Waals surface area contributed by atoms with Crippen LogP contribution in [0.4, 0.5) is 15.9 Å². The fourth-order valence-electron chi connectivity index (χ4n) is 5.52. The summed E-state index contributed by atoms with van der Waals surface area (Å²) in [7, 11) is 0. The average Bonchev–Trinajstić information content (AvgIpc) is 2.92. The first-order valence-corrected chi connectivity index (χ1v) is 13.6. The molecule has 0 radical (unpaired) electrons. The standard InChI is InChI=1S/C31H33ClFN5O/c1-6-27(39)36-14-15-37(21(5)17-36)30-24-16-25(32)28(23-11-7-8-13-26(23)33)35-31(24)38(18-34-30)29-20(4)10-9-12-22(29)19(2)3/h6-13,16,19,21H,1,14-15,17-18H2,2-5H3. The molecule has 1 atom stereocenters. The van der Waals surface area contributed by atoms with E-state index in [0.717, 1.165) is 22.6 Å². The van der Waals surface area contributed by atoms with Crippen LogP contribution in [0.3, 0.4) is 0 Å². The van der Waals surface area contributed by atoms with Crippen molar-refractivity contribution >= 4 is 34.8 Å². The third-order valence-corrected chi connectivity index (χ3v) is 7.78. The maximum absolute atomic E-state index is 14.9. The number of aromatic nitrogens is 1. The number of aliphatic imine (C=N–C) groups is 1. The molecule has 1 aromatic heterocycles. The molecule has 1 amide bonds. The van der Waals surface area contributed by atoms with Gasteiger partial charge in [-0.2, -0.15) is 0 Å². The fraction of sp³-hybridized carbons (Fsp3) is 0.323. The van der Waals surface area contributed by atoms with Crippen molar-refractivity contribution in [3.05, 3.63) is 88.7 Å². The number of fused-ring (bicyclic) bond motifs is 1. The molecule has 3 heterocycles. The van der Waals surface area contributed by atoms with Crippen LogP contribution < -0.4 is 4.90 Å². The van der Waals surface area contributed by atoms with E-state index in [1.165, 1.54) is 17.7 Å². The summed E-state index contributed by atoms with van der Waals surface area (Å²) in [6, 6.07) is 14.7. The predicted molar refractivity (Wildman–Crippen MR) is 156 cm³/mol. The molecule has 0 bridgehead atoms. The second kappa shape index (κ2) is 10.8. The topological polar surface area (TPSA) is 52.0 Å². The second-order valence-corrected chi connectivity index (χ2v) is 10.8. The first-order chi connectivity index (χ1) is 18.7. The summed E-state index contributed by atoms with van der Waals surface area (Å²) in [5, 5.41) is 0.357. The molecule has 0 spiro atoms. The Morgan fingerprint density at radius 2 is 1.92 bits per heavy atom. The second-order valence-electron chi connectivity index (χ2n) is 10.4. The van der Waals surface area contributed by atoms with Crippen LogP contribution in [0.25, 0.3) is 11.3 Å². The van der Waals surface area contributed by atoms with Gasteiger partial charge in [-0.05, 0) is 55.2 Å². The number of amidine groups is 1. The minimum absolute atomic E-state index is 0.0236. The van der Waals surface area contributed by atoms with Crippen molar-refractivity contribution in [3.63, 3.8) is 0 Å². The van der Waals surface area contributed by atoms with Crippen LogP contribution in [0.5, 0.6) is 0 Å². The molecule has 8 heteroatoms. The van der Waals surface area contributed by atoms with E-state index in [4.69, 9.17) is 21.6 Å². The molecular weight excluding hydrogens is 513 g/mol. The highest BCUT2D eigenvalue weighted by atomic mass is 35.5.